The molecular formula is C18H30N4O2. The number of hydrogen-bond donors (Lipinski definition) is 0. The molecule has 6 nitrogen and oxygen atoms in total. The zero-order chi connectivity index (χ0) is 16.9. The molecule has 2 fully saturated rings. The molecule has 2 aliphatic rings. The molecule has 0 bridgehead atoms. The Bertz CT molecular complexity index is 539. The van der Waals surface area contributed by atoms with Gasteiger partial charge < -0.3 is 14.2 Å². The van der Waals surface area contributed by atoms with E-state index in [2.05, 4.69) is 21.4 Å². The van der Waals surface area contributed by atoms with Crippen LogP contribution in [0, 0.1) is 0 Å². The number of rotatable bonds is 5. The molecule has 0 aromatic carbocycles. The second-order valence-corrected chi connectivity index (χ2v) is 6.91. The molecule has 2 aliphatic heterocycles. The maximum absolute atomic E-state index is 12.7. The number of imidazole rings is 1. The van der Waals surface area contributed by atoms with Gasteiger partial charge in [0.2, 0.25) is 5.91 Å². The standard InChI is InChI=1S/C18H30N4O2/c1-3-21-11-12-22(14-16(21)18-19-9-10-20(18)2)17(23)8-7-15-6-4-5-13-24-15/h9-10,15-16H,3-8,11-14H2,1-2H3/t15-,16-/m0/s1. The van der Waals surface area contributed by atoms with E-state index in [9.17, 15) is 4.79 Å². The van der Waals surface area contributed by atoms with Crippen LogP contribution in [-0.4, -0.2) is 64.1 Å². The van der Waals surface area contributed by atoms with Crippen molar-refractivity contribution >= 4 is 5.91 Å². The fraction of sp³-hybridized carbons (Fsp3) is 0.778. The van der Waals surface area contributed by atoms with Gasteiger partial charge in [0.05, 0.1) is 12.1 Å². The van der Waals surface area contributed by atoms with Gasteiger partial charge in [0.15, 0.2) is 0 Å². The lowest BCUT2D eigenvalue weighted by Gasteiger charge is -2.40. The quantitative estimate of drug-likeness (QED) is 0.826. The van der Waals surface area contributed by atoms with Crippen LogP contribution in [0.1, 0.15) is 50.9 Å². The van der Waals surface area contributed by atoms with Crippen LogP contribution in [-0.2, 0) is 16.6 Å². The highest BCUT2D eigenvalue weighted by molar-refractivity contribution is 5.76. The van der Waals surface area contributed by atoms with E-state index in [4.69, 9.17) is 4.74 Å². The monoisotopic (exact) mass is 334 g/mol. The van der Waals surface area contributed by atoms with Crippen molar-refractivity contribution in [3.05, 3.63) is 18.2 Å². The lowest BCUT2D eigenvalue weighted by Crippen LogP contribution is -2.51. The fourth-order valence-corrected chi connectivity index (χ4v) is 3.85. The molecule has 3 heterocycles. The second-order valence-electron chi connectivity index (χ2n) is 6.91. The van der Waals surface area contributed by atoms with Crippen molar-refractivity contribution in [1.82, 2.24) is 19.4 Å². The second kappa shape index (κ2) is 8.12. The Kier molecular flexibility index (Phi) is 5.89. The molecule has 0 unspecified atom stereocenters. The molecule has 1 aromatic rings. The molecular weight excluding hydrogens is 304 g/mol. The van der Waals surface area contributed by atoms with Crippen molar-refractivity contribution in [2.75, 3.05) is 32.8 Å². The van der Waals surface area contributed by atoms with Crippen molar-refractivity contribution in [3.8, 4) is 0 Å². The van der Waals surface area contributed by atoms with E-state index < -0.39 is 0 Å². The number of nitrogens with zero attached hydrogens (tertiary/aromatic N) is 4. The molecule has 2 atom stereocenters. The molecule has 1 aromatic heterocycles. The van der Waals surface area contributed by atoms with E-state index in [0.29, 0.717) is 6.42 Å². The zero-order valence-corrected chi connectivity index (χ0v) is 15.0. The summed E-state index contributed by atoms with van der Waals surface area (Å²) in [5.74, 6) is 1.31. The molecule has 24 heavy (non-hydrogen) atoms. The summed E-state index contributed by atoms with van der Waals surface area (Å²) >= 11 is 0. The van der Waals surface area contributed by atoms with Gasteiger partial charge >= 0.3 is 0 Å². The summed E-state index contributed by atoms with van der Waals surface area (Å²) in [6, 6.07) is 0.193. The number of carbonyl (C=O) groups is 1. The Morgan fingerprint density at radius 3 is 2.92 bits per heavy atom. The molecule has 6 heteroatoms. The zero-order valence-electron chi connectivity index (χ0n) is 15.0. The Morgan fingerprint density at radius 1 is 1.38 bits per heavy atom. The predicted molar refractivity (Wildman–Crippen MR) is 92.6 cm³/mol. The third-order valence-electron chi connectivity index (χ3n) is 5.36. The number of piperazine rings is 1. The highest BCUT2D eigenvalue weighted by Gasteiger charge is 2.32. The minimum absolute atomic E-state index is 0.193. The van der Waals surface area contributed by atoms with Crippen LogP contribution >= 0.6 is 0 Å². The Balaban J connectivity index is 1.57. The van der Waals surface area contributed by atoms with Gasteiger partial charge in [0.1, 0.15) is 5.82 Å². The molecule has 1 amide bonds. The number of hydrogen-bond acceptors (Lipinski definition) is 4. The van der Waals surface area contributed by atoms with Crippen LogP contribution in [0.15, 0.2) is 12.4 Å². The number of aromatic nitrogens is 2. The number of amides is 1. The fourth-order valence-electron chi connectivity index (χ4n) is 3.85. The van der Waals surface area contributed by atoms with Crippen molar-refractivity contribution < 1.29 is 9.53 Å². The highest BCUT2D eigenvalue weighted by Crippen LogP contribution is 2.25. The van der Waals surface area contributed by atoms with Crippen molar-refractivity contribution in [1.29, 1.82) is 0 Å². The third-order valence-corrected chi connectivity index (χ3v) is 5.36. The number of aryl methyl sites for hydroxylation is 1. The summed E-state index contributed by atoms with van der Waals surface area (Å²) in [6.45, 7) is 6.49. The first-order valence-corrected chi connectivity index (χ1v) is 9.29. The summed E-state index contributed by atoms with van der Waals surface area (Å²) in [5.41, 5.74) is 0. The average molecular weight is 334 g/mol. The van der Waals surface area contributed by atoms with Crippen LogP contribution in [0.25, 0.3) is 0 Å². The van der Waals surface area contributed by atoms with Crippen molar-refractivity contribution in [2.24, 2.45) is 7.05 Å². The van der Waals surface area contributed by atoms with E-state index in [1.54, 1.807) is 0 Å². The minimum atomic E-state index is 0.193. The van der Waals surface area contributed by atoms with Gasteiger partial charge in [-0.25, -0.2) is 4.98 Å². The maximum atomic E-state index is 12.7. The Morgan fingerprint density at radius 2 is 2.25 bits per heavy atom. The summed E-state index contributed by atoms with van der Waals surface area (Å²) in [5, 5.41) is 0. The molecule has 0 radical (unpaired) electrons. The first-order valence-electron chi connectivity index (χ1n) is 9.29. The normalized spacial score (nSPS) is 25.8. The maximum Gasteiger partial charge on any atom is 0.222 e. The molecule has 134 valence electrons. The van der Waals surface area contributed by atoms with Gasteiger partial charge in [0.25, 0.3) is 0 Å². The van der Waals surface area contributed by atoms with Crippen molar-refractivity contribution in [2.45, 2.75) is 51.2 Å². The molecule has 0 aliphatic carbocycles. The molecule has 0 saturated carbocycles. The van der Waals surface area contributed by atoms with Gasteiger partial charge in [-0.1, -0.05) is 6.92 Å². The topological polar surface area (TPSA) is 50.6 Å². The molecule has 0 spiro atoms. The Labute approximate surface area is 144 Å². The Hall–Kier alpha value is -1.40. The predicted octanol–water partition coefficient (Wildman–Crippen LogP) is 1.97. The average Bonchev–Trinajstić information content (AvgIpc) is 3.05. The van der Waals surface area contributed by atoms with Crippen LogP contribution in [0.3, 0.4) is 0 Å². The summed E-state index contributed by atoms with van der Waals surface area (Å²) < 4.78 is 7.82. The molecule has 0 N–H and O–H groups in total. The smallest absolute Gasteiger partial charge is 0.222 e. The van der Waals surface area contributed by atoms with Gasteiger partial charge in [-0.15, -0.1) is 0 Å². The first-order chi connectivity index (χ1) is 11.7. The summed E-state index contributed by atoms with van der Waals surface area (Å²) in [7, 11) is 2.03. The van der Waals surface area contributed by atoms with E-state index in [-0.39, 0.29) is 18.1 Å². The largest absolute Gasteiger partial charge is 0.378 e. The van der Waals surface area contributed by atoms with E-state index in [1.807, 2.05) is 24.3 Å². The van der Waals surface area contributed by atoms with E-state index >= 15 is 0 Å². The highest BCUT2D eigenvalue weighted by atomic mass is 16.5. The van der Waals surface area contributed by atoms with Gasteiger partial charge in [-0.2, -0.15) is 0 Å². The number of likely N-dealkylation sites (N-methyl/N-ethyl adjacent to an activating group) is 1. The van der Waals surface area contributed by atoms with Crippen LogP contribution < -0.4 is 0 Å². The van der Waals surface area contributed by atoms with Crippen molar-refractivity contribution in [3.63, 3.8) is 0 Å². The molecule has 2 saturated heterocycles. The lowest BCUT2D eigenvalue weighted by atomic mass is 10.0. The van der Waals surface area contributed by atoms with Gasteiger partial charge in [-0.05, 0) is 32.2 Å². The molecule has 3 rings (SSSR count). The van der Waals surface area contributed by atoms with Gasteiger partial charge in [0, 0.05) is 52.1 Å². The van der Waals surface area contributed by atoms with E-state index in [1.165, 1.54) is 6.42 Å². The van der Waals surface area contributed by atoms with Crippen LogP contribution in [0.5, 0.6) is 0 Å². The number of ether oxygens (including phenoxy) is 1. The van der Waals surface area contributed by atoms with Crippen LogP contribution in [0.2, 0.25) is 0 Å². The number of carbonyl (C=O) groups excluding carboxylic acids is 1. The lowest BCUT2D eigenvalue weighted by molar-refractivity contribution is -0.135. The van der Waals surface area contributed by atoms with Gasteiger partial charge in [-0.3, -0.25) is 9.69 Å². The third kappa shape index (κ3) is 3.98. The van der Waals surface area contributed by atoms with E-state index in [0.717, 1.165) is 57.9 Å². The summed E-state index contributed by atoms with van der Waals surface area (Å²) in [4.78, 5) is 21.6. The SMILES string of the molecule is CCN1CCN(C(=O)CC[C@@H]2CCCCO2)C[C@H]1c1nccn1C. The minimum Gasteiger partial charge on any atom is -0.378 e. The van der Waals surface area contributed by atoms with Crippen LogP contribution in [0.4, 0.5) is 0 Å². The summed E-state index contributed by atoms with van der Waals surface area (Å²) in [6.07, 6.45) is 9.06. The first kappa shape index (κ1) is 17.4.